The van der Waals surface area contributed by atoms with Crippen molar-refractivity contribution in [3.63, 3.8) is 0 Å². The summed E-state index contributed by atoms with van der Waals surface area (Å²) < 4.78 is 37.8. The molecule has 0 spiro atoms. The molecule has 2 N–H and O–H groups in total. The van der Waals surface area contributed by atoms with Gasteiger partial charge in [0.25, 0.3) is 0 Å². The van der Waals surface area contributed by atoms with Crippen LogP contribution in [0, 0.1) is 5.92 Å². The third-order valence-electron chi connectivity index (χ3n) is 3.38. The molecule has 2 unspecified atom stereocenters. The average Bonchev–Trinajstić information content (AvgIpc) is 2.27. The molecule has 1 fully saturated rings. The summed E-state index contributed by atoms with van der Waals surface area (Å²) in [4.78, 5) is 0. The Kier molecular flexibility index (Phi) is 3.45. The van der Waals surface area contributed by atoms with Gasteiger partial charge in [0.05, 0.1) is 0 Å². The van der Waals surface area contributed by atoms with Crippen LogP contribution < -0.4 is 5.73 Å². The first-order valence-corrected chi connectivity index (χ1v) is 5.24. The van der Waals surface area contributed by atoms with E-state index in [-0.39, 0.29) is 12.8 Å². The maximum absolute atomic E-state index is 12.6. The van der Waals surface area contributed by atoms with Gasteiger partial charge in [-0.05, 0) is 25.2 Å². The highest BCUT2D eigenvalue weighted by atomic mass is 19.4. The van der Waals surface area contributed by atoms with Gasteiger partial charge in [0, 0.05) is 0 Å². The fourth-order valence-electron chi connectivity index (χ4n) is 2.13. The van der Waals surface area contributed by atoms with E-state index in [9.17, 15) is 13.2 Å². The minimum absolute atomic E-state index is 0.0903. The zero-order valence-electron chi connectivity index (χ0n) is 8.53. The Balaban J connectivity index is 2.65. The van der Waals surface area contributed by atoms with E-state index in [4.69, 9.17) is 5.73 Å². The summed E-state index contributed by atoms with van der Waals surface area (Å²) in [5, 5.41) is 0. The number of nitrogens with two attached hydrogens (primary N) is 1. The van der Waals surface area contributed by atoms with Gasteiger partial charge in [-0.25, -0.2) is 0 Å². The first kappa shape index (κ1) is 11.8. The molecule has 1 saturated carbocycles. The summed E-state index contributed by atoms with van der Waals surface area (Å²) in [6.45, 7) is 2.03. The molecule has 0 radical (unpaired) electrons. The molecule has 2 atom stereocenters. The van der Waals surface area contributed by atoms with Gasteiger partial charge in [0.1, 0.15) is 5.54 Å². The minimum atomic E-state index is -4.24. The van der Waals surface area contributed by atoms with Crippen molar-refractivity contribution >= 4 is 0 Å². The monoisotopic (exact) mass is 209 g/mol. The van der Waals surface area contributed by atoms with E-state index >= 15 is 0 Å². The van der Waals surface area contributed by atoms with E-state index in [1.54, 1.807) is 0 Å². The number of halogens is 3. The quantitative estimate of drug-likeness (QED) is 0.659. The smallest absolute Gasteiger partial charge is 0.318 e. The van der Waals surface area contributed by atoms with E-state index in [0.717, 1.165) is 12.8 Å². The molecule has 1 nitrogen and oxygen atoms in total. The highest BCUT2D eigenvalue weighted by Gasteiger charge is 2.51. The van der Waals surface area contributed by atoms with Crippen LogP contribution in [-0.2, 0) is 0 Å². The molecule has 0 bridgehead atoms. The lowest BCUT2D eigenvalue weighted by molar-refractivity contribution is -0.189. The Morgan fingerprint density at radius 2 is 1.93 bits per heavy atom. The van der Waals surface area contributed by atoms with Crippen LogP contribution in [0.2, 0.25) is 0 Å². The lowest BCUT2D eigenvalue weighted by atomic mass is 9.90. The normalized spacial score (nSPS) is 35.4. The largest absolute Gasteiger partial charge is 0.406 e. The molecule has 0 saturated heterocycles. The molecular weight excluding hydrogens is 191 g/mol. The first-order valence-electron chi connectivity index (χ1n) is 5.24. The van der Waals surface area contributed by atoms with Crippen molar-refractivity contribution in [2.24, 2.45) is 11.7 Å². The van der Waals surface area contributed by atoms with Crippen molar-refractivity contribution in [1.29, 1.82) is 0 Å². The fraction of sp³-hybridized carbons (Fsp3) is 1.00. The van der Waals surface area contributed by atoms with Crippen LogP contribution >= 0.6 is 0 Å². The van der Waals surface area contributed by atoms with Gasteiger partial charge in [-0.15, -0.1) is 0 Å². The number of hydrogen-bond donors (Lipinski definition) is 1. The van der Waals surface area contributed by atoms with Gasteiger partial charge >= 0.3 is 6.18 Å². The maximum Gasteiger partial charge on any atom is 0.406 e. The van der Waals surface area contributed by atoms with Gasteiger partial charge in [-0.2, -0.15) is 13.2 Å². The van der Waals surface area contributed by atoms with Crippen molar-refractivity contribution in [3.05, 3.63) is 0 Å². The topological polar surface area (TPSA) is 26.0 Å². The van der Waals surface area contributed by atoms with E-state index < -0.39 is 11.7 Å². The Morgan fingerprint density at radius 1 is 1.29 bits per heavy atom. The second kappa shape index (κ2) is 4.09. The molecule has 1 rings (SSSR count). The zero-order valence-corrected chi connectivity index (χ0v) is 8.53. The highest BCUT2D eigenvalue weighted by molar-refractivity contribution is 4.93. The highest BCUT2D eigenvalue weighted by Crippen LogP contribution is 2.40. The van der Waals surface area contributed by atoms with Crippen molar-refractivity contribution in [3.8, 4) is 0 Å². The van der Waals surface area contributed by atoms with Gasteiger partial charge in [-0.1, -0.05) is 26.2 Å². The predicted molar refractivity (Wildman–Crippen MR) is 49.8 cm³/mol. The Bertz CT molecular complexity index is 190. The Labute approximate surface area is 82.9 Å². The molecule has 1 aliphatic carbocycles. The number of rotatable bonds is 1. The number of hydrogen-bond acceptors (Lipinski definition) is 1. The molecule has 0 amide bonds. The van der Waals surface area contributed by atoms with Crippen LogP contribution in [0.25, 0.3) is 0 Å². The summed E-state index contributed by atoms with van der Waals surface area (Å²) >= 11 is 0. The van der Waals surface area contributed by atoms with Gasteiger partial charge in [0.2, 0.25) is 0 Å². The lowest BCUT2D eigenvalue weighted by Gasteiger charge is -2.30. The Hall–Kier alpha value is -0.250. The summed E-state index contributed by atoms with van der Waals surface area (Å²) in [5.74, 6) is 0.433. The van der Waals surface area contributed by atoms with Crippen LogP contribution in [0.1, 0.15) is 45.4 Å². The summed E-state index contributed by atoms with van der Waals surface area (Å²) in [6.07, 6.45) is -0.974. The molecule has 1 aliphatic rings. The van der Waals surface area contributed by atoms with E-state index in [1.165, 1.54) is 0 Å². The molecule has 0 aromatic rings. The third kappa shape index (κ3) is 2.41. The molecule has 0 aromatic carbocycles. The molecule has 0 heterocycles. The van der Waals surface area contributed by atoms with Gasteiger partial charge < -0.3 is 5.73 Å². The van der Waals surface area contributed by atoms with Crippen LogP contribution in [0.4, 0.5) is 13.2 Å². The van der Waals surface area contributed by atoms with E-state index in [2.05, 4.69) is 0 Å². The van der Waals surface area contributed by atoms with Crippen LogP contribution in [0.15, 0.2) is 0 Å². The van der Waals surface area contributed by atoms with Gasteiger partial charge in [0.15, 0.2) is 0 Å². The third-order valence-corrected chi connectivity index (χ3v) is 3.38. The van der Waals surface area contributed by atoms with Crippen molar-refractivity contribution in [1.82, 2.24) is 0 Å². The predicted octanol–water partition coefficient (Wildman–Crippen LogP) is 3.24. The van der Waals surface area contributed by atoms with Crippen molar-refractivity contribution in [2.75, 3.05) is 0 Å². The van der Waals surface area contributed by atoms with E-state index in [1.807, 2.05) is 6.92 Å². The summed E-state index contributed by atoms with van der Waals surface area (Å²) in [5.41, 5.74) is 3.51. The zero-order chi connectivity index (χ0) is 10.8. The molecular formula is C10H18F3N. The fourth-order valence-corrected chi connectivity index (χ4v) is 2.13. The van der Waals surface area contributed by atoms with Crippen molar-refractivity contribution in [2.45, 2.75) is 57.2 Å². The molecule has 14 heavy (non-hydrogen) atoms. The van der Waals surface area contributed by atoms with Crippen LogP contribution in [0.3, 0.4) is 0 Å². The maximum atomic E-state index is 12.6. The van der Waals surface area contributed by atoms with Crippen LogP contribution in [0.5, 0.6) is 0 Å². The van der Waals surface area contributed by atoms with E-state index in [0.29, 0.717) is 18.8 Å². The standard InChI is InChI=1S/C10H18F3N/c1-2-8-4-3-6-9(14,7-5-8)10(11,12)13/h8H,2-7,14H2,1H3. The van der Waals surface area contributed by atoms with Gasteiger partial charge in [-0.3, -0.25) is 0 Å². The minimum Gasteiger partial charge on any atom is -0.318 e. The first-order chi connectivity index (χ1) is 6.39. The van der Waals surface area contributed by atoms with Crippen LogP contribution in [-0.4, -0.2) is 11.7 Å². The summed E-state index contributed by atoms with van der Waals surface area (Å²) in [6, 6.07) is 0. The number of alkyl halides is 3. The molecule has 84 valence electrons. The van der Waals surface area contributed by atoms with Crippen molar-refractivity contribution < 1.29 is 13.2 Å². The molecule has 4 heteroatoms. The molecule has 0 aliphatic heterocycles. The second-order valence-corrected chi connectivity index (χ2v) is 4.36. The average molecular weight is 209 g/mol. The SMILES string of the molecule is CCC1CCCC(N)(C(F)(F)F)CC1. The molecule has 0 aromatic heterocycles. The second-order valence-electron chi connectivity index (χ2n) is 4.36. The summed E-state index contributed by atoms with van der Waals surface area (Å²) in [7, 11) is 0. The Morgan fingerprint density at radius 3 is 2.43 bits per heavy atom. The lowest BCUT2D eigenvalue weighted by Crippen LogP contribution is -2.52.